The van der Waals surface area contributed by atoms with Gasteiger partial charge < -0.3 is 15.0 Å². The molecule has 2 heterocycles. The van der Waals surface area contributed by atoms with Crippen LogP contribution in [-0.4, -0.2) is 48.2 Å². The third kappa shape index (κ3) is 4.61. The molecule has 21 heavy (non-hydrogen) atoms. The summed E-state index contributed by atoms with van der Waals surface area (Å²) in [6.45, 7) is 6.99. The number of nitrogens with one attached hydrogen (secondary N) is 1. The second-order valence-electron chi connectivity index (χ2n) is 5.25. The van der Waals surface area contributed by atoms with E-state index in [9.17, 15) is 4.79 Å². The molecule has 1 aliphatic heterocycles. The van der Waals surface area contributed by atoms with Crippen LogP contribution in [0.2, 0.25) is 0 Å². The summed E-state index contributed by atoms with van der Waals surface area (Å²) in [6.07, 6.45) is 4.01. The van der Waals surface area contributed by atoms with Crippen molar-refractivity contribution in [2.24, 2.45) is 0 Å². The number of pyridine rings is 1. The number of rotatable bonds is 5. The van der Waals surface area contributed by atoms with E-state index in [0.717, 1.165) is 31.1 Å². The van der Waals surface area contributed by atoms with E-state index < -0.39 is 0 Å². The maximum Gasteiger partial charge on any atom is 0.233 e. The number of nitrogens with zero attached hydrogens (tertiary/aromatic N) is 2. The van der Waals surface area contributed by atoms with Gasteiger partial charge in [-0.3, -0.25) is 4.79 Å². The monoisotopic (exact) mass is 309 g/mol. The molecule has 6 heteroatoms. The second-order valence-corrected chi connectivity index (χ2v) is 6.43. The van der Waals surface area contributed by atoms with Crippen LogP contribution in [0.25, 0.3) is 0 Å². The Bertz CT molecular complexity index is 466. The largest absolute Gasteiger partial charge is 0.375 e. The van der Waals surface area contributed by atoms with Crippen LogP contribution in [0, 0.1) is 0 Å². The van der Waals surface area contributed by atoms with Gasteiger partial charge in [0.1, 0.15) is 5.82 Å². The van der Waals surface area contributed by atoms with E-state index >= 15 is 0 Å². The molecule has 5 nitrogen and oxygen atoms in total. The average molecular weight is 309 g/mol. The molecule has 2 atom stereocenters. The molecule has 1 aliphatic rings. The molecule has 1 N–H and O–H groups in total. The Hall–Kier alpha value is -1.27. The van der Waals surface area contributed by atoms with Gasteiger partial charge in [-0.05, 0) is 31.7 Å². The Labute approximate surface area is 130 Å². The van der Waals surface area contributed by atoms with Gasteiger partial charge in [-0.1, -0.05) is 6.07 Å². The van der Waals surface area contributed by atoms with Crippen molar-refractivity contribution in [3.8, 4) is 0 Å². The predicted octanol–water partition coefficient (Wildman–Crippen LogP) is 1.67. The molecule has 1 aromatic heterocycles. The van der Waals surface area contributed by atoms with Crippen LogP contribution < -0.4 is 10.2 Å². The number of amides is 1. The number of ether oxygens (including phenoxy) is 1. The standard InChI is InChI=1S/C15H23N3O2S/c1-11-10-18(6-7-20-11)14-5-4-13(8-16-14)9-17-15(19)12(2)21-3/h4-5,8,11-12H,6-7,9-10H2,1-3H3,(H,17,19)/t11-,12+/m0/s1. The molecule has 1 aromatic rings. The van der Waals surface area contributed by atoms with Crippen LogP contribution in [-0.2, 0) is 16.1 Å². The number of hydrogen-bond donors (Lipinski definition) is 1. The first-order chi connectivity index (χ1) is 10.1. The molecule has 0 saturated carbocycles. The summed E-state index contributed by atoms with van der Waals surface area (Å²) in [5.41, 5.74) is 1.02. The van der Waals surface area contributed by atoms with Gasteiger partial charge in [0, 0.05) is 25.8 Å². The third-order valence-electron chi connectivity index (χ3n) is 3.56. The first-order valence-electron chi connectivity index (χ1n) is 7.22. The van der Waals surface area contributed by atoms with E-state index in [0.29, 0.717) is 6.54 Å². The summed E-state index contributed by atoms with van der Waals surface area (Å²) in [5, 5.41) is 2.90. The predicted molar refractivity (Wildman–Crippen MR) is 86.7 cm³/mol. The molecular weight excluding hydrogens is 286 g/mol. The van der Waals surface area contributed by atoms with Gasteiger partial charge in [-0.2, -0.15) is 11.8 Å². The number of carbonyl (C=O) groups is 1. The molecule has 0 aromatic carbocycles. The zero-order valence-corrected chi connectivity index (χ0v) is 13.7. The van der Waals surface area contributed by atoms with E-state index in [-0.39, 0.29) is 17.3 Å². The number of hydrogen-bond acceptors (Lipinski definition) is 5. The van der Waals surface area contributed by atoms with Gasteiger partial charge in [0.2, 0.25) is 5.91 Å². The van der Waals surface area contributed by atoms with Crippen molar-refractivity contribution in [3.05, 3.63) is 23.9 Å². The highest BCUT2D eigenvalue weighted by Crippen LogP contribution is 2.15. The maximum atomic E-state index is 11.7. The molecule has 2 rings (SSSR count). The number of carbonyl (C=O) groups excluding carboxylic acids is 1. The van der Waals surface area contributed by atoms with Crippen molar-refractivity contribution in [1.82, 2.24) is 10.3 Å². The lowest BCUT2D eigenvalue weighted by molar-refractivity contribution is -0.120. The van der Waals surface area contributed by atoms with Gasteiger partial charge in [0.15, 0.2) is 0 Å². The molecule has 1 saturated heterocycles. The van der Waals surface area contributed by atoms with Crippen molar-refractivity contribution in [2.75, 3.05) is 30.9 Å². The molecule has 0 unspecified atom stereocenters. The lowest BCUT2D eigenvalue weighted by Gasteiger charge is -2.32. The van der Waals surface area contributed by atoms with Crippen molar-refractivity contribution in [3.63, 3.8) is 0 Å². The fourth-order valence-electron chi connectivity index (χ4n) is 2.17. The molecule has 1 amide bonds. The topological polar surface area (TPSA) is 54.5 Å². The van der Waals surface area contributed by atoms with Crippen LogP contribution >= 0.6 is 11.8 Å². The summed E-state index contributed by atoms with van der Waals surface area (Å²) >= 11 is 1.54. The molecule has 0 spiro atoms. The molecule has 0 bridgehead atoms. The maximum absolute atomic E-state index is 11.7. The van der Waals surface area contributed by atoms with Crippen LogP contribution in [0.15, 0.2) is 18.3 Å². The Kier molecular flexibility index (Phi) is 5.87. The lowest BCUT2D eigenvalue weighted by Crippen LogP contribution is -2.41. The fourth-order valence-corrected chi connectivity index (χ4v) is 2.47. The van der Waals surface area contributed by atoms with Crippen LogP contribution in [0.1, 0.15) is 19.4 Å². The van der Waals surface area contributed by atoms with Crippen molar-refractivity contribution >= 4 is 23.5 Å². The molecular formula is C15H23N3O2S. The highest BCUT2D eigenvalue weighted by Gasteiger charge is 2.17. The first kappa shape index (κ1) is 16.1. The fraction of sp³-hybridized carbons (Fsp3) is 0.600. The Morgan fingerprint density at radius 1 is 1.62 bits per heavy atom. The number of morpholine rings is 1. The van der Waals surface area contributed by atoms with Gasteiger partial charge in [0.25, 0.3) is 0 Å². The Morgan fingerprint density at radius 2 is 2.43 bits per heavy atom. The van der Waals surface area contributed by atoms with Crippen molar-refractivity contribution in [1.29, 1.82) is 0 Å². The highest BCUT2D eigenvalue weighted by molar-refractivity contribution is 7.99. The number of aromatic nitrogens is 1. The van der Waals surface area contributed by atoms with E-state index in [4.69, 9.17) is 4.74 Å². The summed E-state index contributed by atoms with van der Waals surface area (Å²) in [6, 6.07) is 4.03. The third-order valence-corrected chi connectivity index (χ3v) is 4.48. The van der Waals surface area contributed by atoms with Crippen molar-refractivity contribution in [2.45, 2.75) is 31.7 Å². The summed E-state index contributed by atoms with van der Waals surface area (Å²) in [7, 11) is 0. The van der Waals surface area contributed by atoms with Gasteiger partial charge in [-0.25, -0.2) is 4.98 Å². The molecule has 0 radical (unpaired) electrons. The molecule has 1 fully saturated rings. The molecule has 0 aliphatic carbocycles. The van der Waals surface area contributed by atoms with Crippen LogP contribution in [0.5, 0.6) is 0 Å². The average Bonchev–Trinajstić information content (AvgIpc) is 2.52. The number of anilines is 1. The lowest BCUT2D eigenvalue weighted by atomic mass is 10.2. The number of thioether (sulfide) groups is 1. The minimum absolute atomic E-state index is 0.0212. The Morgan fingerprint density at radius 3 is 3.05 bits per heavy atom. The van der Waals surface area contributed by atoms with Gasteiger partial charge >= 0.3 is 0 Å². The van der Waals surface area contributed by atoms with Gasteiger partial charge in [-0.15, -0.1) is 0 Å². The normalized spacial score (nSPS) is 20.1. The summed E-state index contributed by atoms with van der Waals surface area (Å²) in [4.78, 5) is 18.4. The van der Waals surface area contributed by atoms with Crippen LogP contribution in [0.4, 0.5) is 5.82 Å². The van der Waals surface area contributed by atoms with E-state index in [2.05, 4.69) is 22.1 Å². The zero-order chi connectivity index (χ0) is 15.2. The van der Waals surface area contributed by atoms with Crippen LogP contribution in [0.3, 0.4) is 0 Å². The van der Waals surface area contributed by atoms with E-state index in [1.54, 1.807) is 11.8 Å². The molecule has 116 valence electrons. The smallest absolute Gasteiger partial charge is 0.233 e. The van der Waals surface area contributed by atoms with Gasteiger partial charge in [0.05, 0.1) is 18.0 Å². The quantitative estimate of drug-likeness (QED) is 0.897. The van der Waals surface area contributed by atoms with E-state index in [1.807, 2.05) is 31.5 Å². The highest BCUT2D eigenvalue weighted by atomic mass is 32.2. The minimum Gasteiger partial charge on any atom is -0.375 e. The minimum atomic E-state index is -0.0212. The summed E-state index contributed by atoms with van der Waals surface area (Å²) in [5.74, 6) is 1.03. The SMILES string of the molecule is CS[C@H](C)C(=O)NCc1ccc(N2CCO[C@@H](C)C2)nc1. The second kappa shape index (κ2) is 7.66. The Balaban J connectivity index is 1.88. The van der Waals surface area contributed by atoms with E-state index in [1.165, 1.54) is 0 Å². The summed E-state index contributed by atoms with van der Waals surface area (Å²) < 4.78 is 5.53. The zero-order valence-electron chi connectivity index (χ0n) is 12.8. The first-order valence-corrected chi connectivity index (χ1v) is 8.51. The van der Waals surface area contributed by atoms with Crippen molar-refractivity contribution < 1.29 is 9.53 Å².